The Bertz CT molecular complexity index is 1200. The van der Waals surface area contributed by atoms with Gasteiger partial charge in [-0.3, -0.25) is 4.79 Å². The number of carboxylic acid groups (broad SMARTS) is 1. The zero-order valence-electron chi connectivity index (χ0n) is 21.1. The summed E-state index contributed by atoms with van der Waals surface area (Å²) in [6.45, 7) is 5.85. The average molecular weight is 530 g/mol. The topological polar surface area (TPSA) is 68.7 Å². The lowest BCUT2D eigenvalue weighted by Gasteiger charge is -2.16. The fraction of sp³-hybridized carbons (Fsp3) is 0.357. The molecule has 3 aromatic rings. The van der Waals surface area contributed by atoms with E-state index in [0.717, 1.165) is 53.5 Å². The van der Waals surface area contributed by atoms with Crippen molar-refractivity contribution in [3.8, 4) is 22.8 Å². The highest BCUT2D eigenvalue weighted by Gasteiger charge is 2.17. The van der Waals surface area contributed by atoms with Crippen LogP contribution in [0.25, 0.3) is 11.1 Å². The number of pyridine rings is 1. The summed E-state index contributed by atoms with van der Waals surface area (Å²) in [5, 5.41) is 7.42. The molecule has 0 aliphatic carbocycles. The first kappa shape index (κ1) is 27.9. The van der Waals surface area contributed by atoms with Crippen LogP contribution in [0.5, 0.6) is 11.6 Å². The Balaban J connectivity index is 0.000000840. The van der Waals surface area contributed by atoms with Crippen LogP contribution in [0.3, 0.4) is 0 Å². The van der Waals surface area contributed by atoms with E-state index >= 15 is 4.39 Å². The van der Waals surface area contributed by atoms with Gasteiger partial charge in [0.1, 0.15) is 6.61 Å². The van der Waals surface area contributed by atoms with Gasteiger partial charge in [0.2, 0.25) is 5.88 Å². The molecule has 36 heavy (non-hydrogen) atoms. The van der Waals surface area contributed by atoms with Crippen molar-refractivity contribution in [3.63, 3.8) is 0 Å². The van der Waals surface area contributed by atoms with Crippen LogP contribution in [0.2, 0.25) is 0 Å². The van der Waals surface area contributed by atoms with Gasteiger partial charge in [0.25, 0.3) is 5.97 Å². The van der Waals surface area contributed by atoms with Gasteiger partial charge in [-0.05, 0) is 84.2 Å². The molecule has 1 N–H and O–H groups in total. The first-order valence-electron chi connectivity index (χ1n) is 11.7. The number of aromatic nitrogens is 1. The molecule has 5 nitrogen and oxygen atoms in total. The second kappa shape index (κ2) is 13.6. The number of carbonyl (C=O) groups is 1. The summed E-state index contributed by atoms with van der Waals surface area (Å²) in [5.74, 6) is 1.98. The van der Waals surface area contributed by atoms with E-state index in [1.807, 2.05) is 62.1 Å². The molecule has 0 fully saturated rings. The standard InChI is InChI=1S/C26H28FNO2S2.C2H4O2/c1-17-12-22(29-9-5-10-31-3)26(27)18(2)25(17)20-7-4-6-19(13-20)16-30-24-14-23-21(15-28-24)8-11-32-23;1-2(3)4/h4,6-7,12-15H,5,8-11,16H2,1-3H3;1H3,(H,3,4). The van der Waals surface area contributed by atoms with Crippen molar-refractivity contribution in [2.45, 2.75) is 45.1 Å². The second-order valence-electron chi connectivity index (χ2n) is 8.44. The molecule has 0 spiro atoms. The van der Waals surface area contributed by atoms with Crippen LogP contribution in [0.15, 0.2) is 47.5 Å². The highest BCUT2D eigenvalue weighted by Crippen LogP contribution is 2.35. The summed E-state index contributed by atoms with van der Waals surface area (Å²) in [6, 6.07) is 11.9. The van der Waals surface area contributed by atoms with Crippen molar-refractivity contribution in [1.82, 2.24) is 4.98 Å². The van der Waals surface area contributed by atoms with Gasteiger partial charge in [0.05, 0.1) is 6.61 Å². The maximum absolute atomic E-state index is 15.1. The van der Waals surface area contributed by atoms with E-state index in [1.165, 1.54) is 10.5 Å². The third kappa shape index (κ3) is 7.64. The van der Waals surface area contributed by atoms with Crippen LogP contribution in [-0.4, -0.2) is 40.4 Å². The molecule has 0 unspecified atom stereocenters. The van der Waals surface area contributed by atoms with Crippen LogP contribution < -0.4 is 9.47 Å². The van der Waals surface area contributed by atoms with Crippen molar-refractivity contribution in [3.05, 3.63) is 70.7 Å². The fourth-order valence-corrected chi connectivity index (χ4v) is 5.42. The lowest BCUT2D eigenvalue weighted by Crippen LogP contribution is -2.04. The molecule has 192 valence electrons. The Morgan fingerprint density at radius 3 is 2.75 bits per heavy atom. The predicted molar refractivity (Wildman–Crippen MR) is 146 cm³/mol. The highest BCUT2D eigenvalue weighted by atomic mass is 32.2. The van der Waals surface area contributed by atoms with Crippen molar-refractivity contribution >= 4 is 29.5 Å². The van der Waals surface area contributed by atoms with E-state index in [-0.39, 0.29) is 5.82 Å². The van der Waals surface area contributed by atoms with E-state index in [1.54, 1.807) is 11.8 Å². The number of halogens is 1. The van der Waals surface area contributed by atoms with Crippen LogP contribution >= 0.6 is 23.5 Å². The molecule has 1 aromatic heterocycles. The quantitative estimate of drug-likeness (QED) is 0.301. The van der Waals surface area contributed by atoms with Crippen LogP contribution in [0.1, 0.15) is 35.6 Å². The van der Waals surface area contributed by atoms with E-state index in [4.69, 9.17) is 19.4 Å². The Morgan fingerprint density at radius 2 is 2.00 bits per heavy atom. The number of ether oxygens (including phenoxy) is 2. The van der Waals surface area contributed by atoms with E-state index in [2.05, 4.69) is 17.3 Å². The van der Waals surface area contributed by atoms with Crippen LogP contribution in [-0.2, 0) is 17.8 Å². The molecule has 0 saturated carbocycles. The summed E-state index contributed by atoms with van der Waals surface area (Å²) in [5.41, 5.74) is 5.82. The van der Waals surface area contributed by atoms with Crippen molar-refractivity contribution < 1.29 is 23.8 Å². The number of thioether (sulfide) groups is 2. The third-order valence-corrected chi connectivity index (χ3v) is 7.36. The number of fused-ring (bicyclic) bond motifs is 1. The fourth-order valence-electron chi connectivity index (χ4n) is 3.95. The van der Waals surface area contributed by atoms with Gasteiger partial charge in [-0.1, -0.05) is 18.2 Å². The molecule has 8 heteroatoms. The molecule has 2 aromatic carbocycles. The van der Waals surface area contributed by atoms with Crippen molar-refractivity contribution in [2.75, 3.05) is 24.4 Å². The average Bonchev–Trinajstić information content (AvgIpc) is 3.31. The lowest BCUT2D eigenvalue weighted by atomic mass is 9.94. The van der Waals surface area contributed by atoms with Gasteiger partial charge in [0, 0.05) is 29.8 Å². The molecule has 0 bridgehead atoms. The molecule has 0 saturated heterocycles. The van der Waals surface area contributed by atoms with Crippen molar-refractivity contribution in [2.24, 2.45) is 0 Å². The van der Waals surface area contributed by atoms with Gasteiger partial charge in [0.15, 0.2) is 11.6 Å². The van der Waals surface area contributed by atoms with Crippen LogP contribution in [0.4, 0.5) is 4.39 Å². The first-order valence-corrected chi connectivity index (χ1v) is 14.1. The molecular formula is C28H32FNO4S2. The third-order valence-electron chi connectivity index (χ3n) is 5.56. The minimum absolute atomic E-state index is 0.281. The Labute approximate surface area is 220 Å². The number of benzene rings is 2. The summed E-state index contributed by atoms with van der Waals surface area (Å²) in [4.78, 5) is 14.7. The summed E-state index contributed by atoms with van der Waals surface area (Å²) in [6.07, 6.45) is 5.96. The zero-order chi connectivity index (χ0) is 26.1. The highest BCUT2D eigenvalue weighted by molar-refractivity contribution is 7.99. The summed E-state index contributed by atoms with van der Waals surface area (Å²) >= 11 is 3.62. The Hall–Kier alpha value is -2.71. The molecule has 4 rings (SSSR count). The minimum Gasteiger partial charge on any atom is -0.490 e. The smallest absolute Gasteiger partial charge is 0.300 e. The minimum atomic E-state index is -0.833. The molecule has 1 aliphatic rings. The zero-order valence-corrected chi connectivity index (χ0v) is 22.7. The first-order chi connectivity index (χ1) is 17.3. The predicted octanol–water partition coefficient (Wildman–Crippen LogP) is 6.95. The number of hydrogen-bond acceptors (Lipinski definition) is 6. The Morgan fingerprint density at radius 1 is 1.22 bits per heavy atom. The maximum Gasteiger partial charge on any atom is 0.300 e. The number of nitrogens with zero attached hydrogens (tertiary/aromatic N) is 1. The Kier molecular flexibility index (Phi) is 10.5. The van der Waals surface area contributed by atoms with Gasteiger partial charge in [-0.15, -0.1) is 11.8 Å². The summed E-state index contributed by atoms with van der Waals surface area (Å²) in [7, 11) is 0. The molecule has 0 radical (unpaired) electrons. The van der Waals surface area contributed by atoms with E-state index in [0.29, 0.717) is 30.4 Å². The second-order valence-corrected chi connectivity index (χ2v) is 10.6. The summed E-state index contributed by atoms with van der Waals surface area (Å²) < 4.78 is 26.7. The van der Waals surface area contributed by atoms with Gasteiger partial charge in [-0.25, -0.2) is 9.37 Å². The SMILES string of the molecule is CC(=O)O.CSCCCOc1cc(C)c(-c2cccc(COc3cc4c(cn3)CCS4)c2)c(C)c1F. The number of aryl methyl sites for hydroxylation is 2. The monoisotopic (exact) mass is 529 g/mol. The molecule has 1 aliphatic heterocycles. The molecule has 0 amide bonds. The van der Waals surface area contributed by atoms with Gasteiger partial charge < -0.3 is 14.6 Å². The van der Waals surface area contributed by atoms with Crippen molar-refractivity contribution in [1.29, 1.82) is 0 Å². The molecule has 2 heterocycles. The van der Waals surface area contributed by atoms with Gasteiger partial charge in [-0.2, -0.15) is 11.8 Å². The largest absolute Gasteiger partial charge is 0.490 e. The number of carboxylic acids is 1. The van der Waals surface area contributed by atoms with Gasteiger partial charge >= 0.3 is 0 Å². The van der Waals surface area contributed by atoms with E-state index in [9.17, 15) is 0 Å². The molecular weight excluding hydrogens is 497 g/mol. The number of hydrogen-bond donors (Lipinski definition) is 1. The molecule has 0 atom stereocenters. The number of rotatable bonds is 9. The van der Waals surface area contributed by atoms with E-state index < -0.39 is 5.97 Å². The normalized spacial score (nSPS) is 11.9. The number of aliphatic carboxylic acids is 1. The maximum atomic E-state index is 15.1. The lowest BCUT2D eigenvalue weighted by molar-refractivity contribution is -0.134. The van der Waals surface area contributed by atoms with Crippen LogP contribution in [0, 0.1) is 19.7 Å².